The van der Waals surface area contributed by atoms with Gasteiger partial charge in [0.2, 0.25) is 5.95 Å². The van der Waals surface area contributed by atoms with Crippen molar-refractivity contribution >= 4 is 17.0 Å². The Morgan fingerprint density at radius 1 is 1.06 bits per heavy atom. The van der Waals surface area contributed by atoms with Crippen LogP contribution in [-0.2, 0) is 13.7 Å². The number of likely N-dealkylation sites (N-methyl/N-ethyl adjacent to an activating group) is 1. The van der Waals surface area contributed by atoms with Crippen LogP contribution in [0.25, 0.3) is 11.0 Å². The van der Waals surface area contributed by atoms with Gasteiger partial charge in [-0.25, -0.2) is 4.98 Å². The van der Waals surface area contributed by atoms with E-state index in [1.807, 2.05) is 24.3 Å². The maximum Gasteiger partial charge on any atom is 0.278 e. The number of hydrogen-bond acceptors (Lipinski definition) is 5. The fourth-order valence-corrected chi connectivity index (χ4v) is 4.63. The molecule has 0 amide bonds. The number of nitrogens with zero attached hydrogens (tertiary/aromatic N) is 3. The number of benzene rings is 2. The molecule has 3 heterocycles. The first-order chi connectivity index (χ1) is 16.1. The Bertz CT molecular complexity index is 1280. The first-order valence-electron chi connectivity index (χ1n) is 11.3. The molecule has 2 aromatic carbocycles. The third kappa shape index (κ3) is 4.64. The molecular formula is C26H29N5O2. The highest BCUT2D eigenvalue weighted by Crippen LogP contribution is 2.29. The molecule has 0 bridgehead atoms. The first-order valence-corrected chi connectivity index (χ1v) is 11.3. The zero-order valence-corrected chi connectivity index (χ0v) is 19.0. The van der Waals surface area contributed by atoms with Crippen molar-refractivity contribution < 1.29 is 4.74 Å². The molecule has 0 aliphatic carbocycles. The maximum atomic E-state index is 12.6. The van der Waals surface area contributed by atoms with Crippen LogP contribution in [0.3, 0.4) is 0 Å². The van der Waals surface area contributed by atoms with Gasteiger partial charge >= 0.3 is 0 Å². The fourth-order valence-electron chi connectivity index (χ4n) is 4.63. The molecule has 2 atom stereocenters. The predicted octanol–water partition coefficient (Wildman–Crippen LogP) is 3.74. The van der Waals surface area contributed by atoms with E-state index in [1.165, 1.54) is 5.56 Å². The average molecular weight is 444 g/mol. The van der Waals surface area contributed by atoms with E-state index in [1.54, 1.807) is 17.8 Å². The Morgan fingerprint density at radius 3 is 2.64 bits per heavy atom. The molecular weight excluding hydrogens is 414 g/mol. The zero-order valence-electron chi connectivity index (χ0n) is 19.0. The highest BCUT2D eigenvalue weighted by molar-refractivity contribution is 5.75. The molecule has 0 unspecified atom stereocenters. The standard InChI is InChI=1S/C26H29N5O2/c1-30-15-20(19-8-10-22(11-9-19)33-17-18-6-4-3-5-7-18)14-21(16-30)28-26-29-23-12-13-27-24(23)25(32)31(26)2/h3-13,20-21,27H,14-17H2,1-2H3,(H,28,29)/t20-,21+/m0/s1. The number of fused-ring (bicyclic) bond motifs is 1. The lowest BCUT2D eigenvalue weighted by atomic mass is 9.88. The van der Waals surface area contributed by atoms with Crippen molar-refractivity contribution in [3.8, 4) is 5.75 Å². The summed E-state index contributed by atoms with van der Waals surface area (Å²) >= 11 is 0. The van der Waals surface area contributed by atoms with Gasteiger partial charge in [0.05, 0.1) is 5.52 Å². The largest absolute Gasteiger partial charge is 0.489 e. The number of rotatable bonds is 6. The van der Waals surface area contributed by atoms with Gasteiger partial charge in [0, 0.05) is 32.4 Å². The number of hydrogen-bond donors (Lipinski definition) is 2. The van der Waals surface area contributed by atoms with Crippen LogP contribution >= 0.6 is 0 Å². The first kappa shape index (κ1) is 21.3. The molecule has 1 saturated heterocycles. The van der Waals surface area contributed by atoms with Crippen LogP contribution in [0.2, 0.25) is 0 Å². The Morgan fingerprint density at radius 2 is 1.85 bits per heavy atom. The minimum Gasteiger partial charge on any atom is -0.489 e. The predicted molar refractivity (Wildman–Crippen MR) is 131 cm³/mol. The van der Waals surface area contributed by atoms with Crippen LogP contribution in [0, 0.1) is 0 Å². The second kappa shape index (κ2) is 9.11. The van der Waals surface area contributed by atoms with E-state index in [9.17, 15) is 4.79 Å². The van der Waals surface area contributed by atoms with Crippen LogP contribution in [0.4, 0.5) is 5.95 Å². The van der Waals surface area contributed by atoms with E-state index >= 15 is 0 Å². The topological polar surface area (TPSA) is 75.2 Å². The minimum absolute atomic E-state index is 0.0701. The third-order valence-corrected chi connectivity index (χ3v) is 6.35. The monoisotopic (exact) mass is 443 g/mol. The molecule has 33 heavy (non-hydrogen) atoms. The summed E-state index contributed by atoms with van der Waals surface area (Å²) in [7, 11) is 3.90. The summed E-state index contributed by atoms with van der Waals surface area (Å²) in [6.45, 7) is 2.46. The quantitative estimate of drug-likeness (QED) is 0.475. The van der Waals surface area contributed by atoms with E-state index in [2.05, 4.69) is 63.6 Å². The molecule has 1 aliphatic rings. The van der Waals surface area contributed by atoms with Crippen LogP contribution in [-0.4, -0.2) is 45.6 Å². The van der Waals surface area contributed by atoms with Gasteiger partial charge < -0.3 is 19.9 Å². The van der Waals surface area contributed by atoms with Crippen LogP contribution < -0.4 is 15.6 Å². The lowest BCUT2D eigenvalue weighted by Crippen LogP contribution is -2.44. The summed E-state index contributed by atoms with van der Waals surface area (Å²) in [5.74, 6) is 1.87. The summed E-state index contributed by atoms with van der Waals surface area (Å²) in [6, 6.07) is 20.7. The normalized spacial score (nSPS) is 19.0. The number of H-pyrrole nitrogens is 1. The minimum atomic E-state index is -0.0701. The summed E-state index contributed by atoms with van der Waals surface area (Å²) < 4.78 is 7.53. The Labute approximate surface area is 193 Å². The van der Waals surface area contributed by atoms with E-state index < -0.39 is 0 Å². The van der Waals surface area contributed by atoms with Crippen molar-refractivity contribution in [2.24, 2.45) is 7.05 Å². The highest BCUT2D eigenvalue weighted by atomic mass is 16.5. The molecule has 7 nitrogen and oxygen atoms in total. The van der Waals surface area contributed by atoms with E-state index in [4.69, 9.17) is 4.74 Å². The maximum absolute atomic E-state index is 12.6. The molecule has 7 heteroatoms. The number of anilines is 1. The van der Waals surface area contributed by atoms with Crippen LogP contribution in [0.5, 0.6) is 5.75 Å². The van der Waals surface area contributed by atoms with E-state index in [0.717, 1.165) is 30.8 Å². The third-order valence-electron chi connectivity index (χ3n) is 6.35. The SMILES string of the molecule is CN1C[C@H](Nc2nc3cc[nH]c3c(=O)n2C)C[C@H](c2ccc(OCc3ccccc3)cc2)C1. The summed E-state index contributed by atoms with van der Waals surface area (Å²) in [6.07, 6.45) is 2.72. The second-order valence-electron chi connectivity index (χ2n) is 8.88. The van der Waals surface area contributed by atoms with Gasteiger partial charge in [-0.1, -0.05) is 42.5 Å². The van der Waals surface area contributed by atoms with Crippen LogP contribution in [0.15, 0.2) is 71.7 Å². The summed E-state index contributed by atoms with van der Waals surface area (Å²) in [4.78, 5) is 22.6. The van der Waals surface area contributed by atoms with Gasteiger partial charge in [0.1, 0.15) is 17.9 Å². The number of aromatic amines is 1. The molecule has 2 aromatic heterocycles. The van der Waals surface area contributed by atoms with Crippen LogP contribution in [0.1, 0.15) is 23.5 Å². The number of likely N-dealkylation sites (tertiary alicyclic amines) is 1. The molecule has 1 aliphatic heterocycles. The van der Waals surface area contributed by atoms with Gasteiger partial charge in [0.25, 0.3) is 5.56 Å². The Kier molecular flexibility index (Phi) is 5.88. The molecule has 0 spiro atoms. The number of ether oxygens (including phenoxy) is 1. The molecule has 5 rings (SSSR count). The van der Waals surface area contributed by atoms with Crippen molar-refractivity contribution in [3.05, 3.63) is 88.3 Å². The molecule has 0 saturated carbocycles. The van der Waals surface area contributed by atoms with E-state index in [-0.39, 0.29) is 11.6 Å². The van der Waals surface area contributed by atoms with Crippen molar-refractivity contribution in [1.29, 1.82) is 0 Å². The zero-order chi connectivity index (χ0) is 22.8. The van der Waals surface area contributed by atoms with Gasteiger partial charge in [-0.15, -0.1) is 0 Å². The van der Waals surface area contributed by atoms with Crippen molar-refractivity contribution in [2.45, 2.75) is 25.0 Å². The summed E-state index contributed by atoms with van der Waals surface area (Å²) in [5.41, 5.74) is 3.61. The lowest BCUT2D eigenvalue weighted by molar-refractivity contribution is 0.234. The molecule has 2 N–H and O–H groups in total. The van der Waals surface area contributed by atoms with Gasteiger partial charge in [-0.05, 0) is 48.7 Å². The van der Waals surface area contributed by atoms with Crippen molar-refractivity contribution in [2.75, 3.05) is 25.5 Å². The summed E-state index contributed by atoms with van der Waals surface area (Å²) in [5, 5.41) is 3.52. The smallest absolute Gasteiger partial charge is 0.278 e. The number of nitrogens with one attached hydrogen (secondary N) is 2. The lowest BCUT2D eigenvalue weighted by Gasteiger charge is -2.36. The van der Waals surface area contributed by atoms with Gasteiger partial charge in [0.15, 0.2) is 0 Å². The fraction of sp³-hybridized carbons (Fsp3) is 0.308. The number of piperidine rings is 1. The van der Waals surface area contributed by atoms with E-state index in [0.29, 0.717) is 29.5 Å². The molecule has 0 radical (unpaired) electrons. The second-order valence-corrected chi connectivity index (χ2v) is 8.88. The Balaban J connectivity index is 1.27. The number of aromatic nitrogens is 3. The highest BCUT2D eigenvalue weighted by Gasteiger charge is 2.27. The Hall–Kier alpha value is -3.58. The average Bonchev–Trinajstić information content (AvgIpc) is 3.30. The van der Waals surface area contributed by atoms with Crippen molar-refractivity contribution in [3.63, 3.8) is 0 Å². The molecule has 170 valence electrons. The molecule has 1 fully saturated rings. The van der Waals surface area contributed by atoms with Crippen molar-refractivity contribution in [1.82, 2.24) is 19.4 Å². The van der Waals surface area contributed by atoms with Gasteiger partial charge in [-0.3, -0.25) is 9.36 Å². The molecule has 4 aromatic rings. The van der Waals surface area contributed by atoms with Gasteiger partial charge in [-0.2, -0.15) is 0 Å².